The van der Waals surface area contributed by atoms with Crippen LogP contribution in [-0.2, 0) is 20.1 Å². The molecule has 0 saturated heterocycles. The van der Waals surface area contributed by atoms with Crippen LogP contribution in [0.4, 0.5) is 4.39 Å². The smallest absolute Gasteiger partial charge is 0.123 e. The molecule has 0 amide bonds. The zero-order valence-corrected chi connectivity index (χ0v) is 12.0. The maximum absolute atomic E-state index is 13.0. The normalized spacial score (nSPS) is 10.9. The molecule has 96 valence electrons. The van der Waals surface area contributed by atoms with Crippen LogP contribution in [0.3, 0.4) is 0 Å². The van der Waals surface area contributed by atoms with Crippen LogP contribution < -0.4 is 5.32 Å². The van der Waals surface area contributed by atoms with Crippen LogP contribution >= 0.6 is 15.9 Å². The molecule has 0 aliphatic heterocycles. The zero-order valence-electron chi connectivity index (χ0n) is 10.4. The van der Waals surface area contributed by atoms with E-state index >= 15 is 0 Å². The number of aryl methyl sites for hydroxylation is 2. The van der Waals surface area contributed by atoms with Gasteiger partial charge >= 0.3 is 0 Å². The summed E-state index contributed by atoms with van der Waals surface area (Å²) in [7, 11) is 1.91. The molecule has 2 aromatic rings. The van der Waals surface area contributed by atoms with Crippen LogP contribution in [-0.4, -0.2) is 9.78 Å². The van der Waals surface area contributed by atoms with Gasteiger partial charge in [-0.2, -0.15) is 5.10 Å². The van der Waals surface area contributed by atoms with Gasteiger partial charge in [-0.15, -0.1) is 0 Å². The lowest BCUT2D eigenvalue weighted by Gasteiger charge is -2.06. The summed E-state index contributed by atoms with van der Waals surface area (Å²) < 4.78 is 15.9. The van der Waals surface area contributed by atoms with E-state index in [2.05, 4.69) is 26.3 Å². The van der Waals surface area contributed by atoms with Gasteiger partial charge in [0.15, 0.2) is 0 Å². The molecule has 1 heterocycles. The number of hydrogen-bond acceptors (Lipinski definition) is 2. The quantitative estimate of drug-likeness (QED) is 0.941. The Bertz CT molecular complexity index is 551. The molecule has 1 aromatic carbocycles. The molecule has 0 fully saturated rings. The Morgan fingerprint density at radius 3 is 2.78 bits per heavy atom. The number of benzene rings is 1. The van der Waals surface area contributed by atoms with Crippen LogP contribution in [0.5, 0.6) is 0 Å². The molecule has 3 nitrogen and oxygen atoms in total. The van der Waals surface area contributed by atoms with Crippen LogP contribution in [0, 0.1) is 12.7 Å². The lowest BCUT2D eigenvalue weighted by molar-refractivity contribution is 0.608. The molecule has 1 N–H and O–H groups in total. The van der Waals surface area contributed by atoms with E-state index in [0.29, 0.717) is 13.1 Å². The van der Waals surface area contributed by atoms with Gasteiger partial charge in [0.2, 0.25) is 0 Å². The number of hydrogen-bond donors (Lipinski definition) is 1. The van der Waals surface area contributed by atoms with Crippen molar-refractivity contribution < 1.29 is 4.39 Å². The average molecular weight is 312 g/mol. The van der Waals surface area contributed by atoms with Crippen molar-refractivity contribution >= 4 is 15.9 Å². The number of rotatable bonds is 4. The first kappa shape index (κ1) is 13.2. The molecule has 2 rings (SSSR count). The van der Waals surface area contributed by atoms with Crippen molar-refractivity contribution in [1.82, 2.24) is 15.1 Å². The van der Waals surface area contributed by atoms with E-state index < -0.39 is 0 Å². The van der Waals surface area contributed by atoms with E-state index in [1.807, 2.05) is 24.7 Å². The molecule has 0 bridgehead atoms. The summed E-state index contributed by atoms with van der Waals surface area (Å²) in [5.41, 5.74) is 2.99. The molecule has 0 radical (unpaired) electrons. The van der Waals surface area contributed by atoms with Gasteiger partial charge in [-0.05, 0) is 40.5 Å². The van der Waals surface area contributed by atoms with Crippen molar-refractivity contribution in [3.8, 4) is 0 Å². The highest BCUT2D eigenvalue weighted by atomic mass is 79.9. The molecule has 0 saturated carbocycles. The minimum absolute atomic E-state index is 0.202. The summed E-state index contributed by atoms with van der Waals surface area (Å²) in [4.78, 5) is 0. The Hall–Kier alpha value is -1.20. The molecular formula is C13H15BrFN3. The fourth-order valence-electron chi connectivity index (χ4n) is 1.84. The van der Waals surface area contributed by atoms with Gasteiger partial charge in [0, 0.05) is 20.1 Å². The Morgan fingerprint density at radius 2 is 2.17 bits per heavy atom. The second-order valence-corrected chi connectivity index (χ2v) is 5.00. The van der Waals surface area contributed by atoms with E-state index in [4.69, 9.17) is 0 Å². The summed E-state index contributed by atoms with van der Waals surface area (Å²) >= 11 is 3.52. The third-order valence-corrected chi connectivity index (χ3v) is 3.80. The van der Waals surface area contributed by atoms with Gasteiger partial charge < -0.3 is 5.32 Å². The lowest BCUT2D eigenvalue weighted by Crippen LogP contribution is -2.15. The predicted molar refractivity (Wildman–Crippen MR) is 72.6 cm³/mol. The summed E-state index contributed by atoms with van der Waals surface area (Å²) in [5, 5.41) is 7.60. The van der Waals surface area contributed by atoms with Gasteiger partial charge in [0.25, 0.3) is 0 Å². The number of halogens is 2. The third-order valence-electron chi connectivity index (χ3n) is 2.77. The highest BCUT2D eigenvalue weighted by Crippen LogP contribution is 2.19. The fourth-order valence-corrected chi connectivity index (χ4v) is 2.32. The monoisotopic (exact) mass is 311 g/mol. The van der Waals surface area contributed by atoms with Gasteiger partial charge in [-0.3, -0.25) is 4.68 Å². The van der Waals surface area contributed by atoms with Gasteiger partial charge in [-0.1, -0.05) is 12.1 Å². The van der Waals surface area contributed by atoms with E-state index in [-0.39, 0.29) is 5.82 Å². The molecule has 0 atom stereocenters. The Morgan fingerprint density at radius 1 is 1.39 bits per heavy atom. The maximum Gasteiger partial charge on any atom is 0.123 e. The second kappa shape index (κ2) is 5.63. The SMILES string of the molecule is Cc1nn(C)c(CNCc2cccc(F)c2)c1Br. The van der Waals surface area contributed by atoms with Crippen molar-refractivity contribution in [1.29, 1.82) is 0 Å². The van der Waals surface area contributed by atoms with Gasteiger partial charge in [-0.25, -0.2) is 4.39 Å². The van der Waals surface area contributed by atoms with Gasteiger partial charge in [0.05, 0.1) is 15.9 Å². The minimum Gasteiger partial charge on any atom is -0.307 e. The van der Waals surface area contributed by atoms with E-state index in [1.165, 1.54) is 12.1 Å². The second-order valence-electron chi connectivity index (χ2n) is 4.20. The molecular weight excluding hydrogens is 297 g/mol. The fraction of sp³-hybridized carbons (Fsp3) is 0.308. The molecule has 5 heteroatoms. The van der Waals surface area contributed by atoms with Crippen molar-refractivity contribution in [2.45, 2.75) is 20.0 Å². The average Bonchev–Trinajstić information content (AvgIpc) is 2.56. The summed E-state index contributed by atoms with van der Waals surface area (Å²) in [6.07, 6.45) is 0. The molecule has 1 aromatic heterocycles. The van der Waals surface area contributed by atoms with E-state index in [9.17, 15) is 4.39 Å². The van der Waals surface area contributed by atoms with Crippen molar-refractivity contribution in [2.75, 3.05) is 0 Å². The number of aromatic nitrogens is 2. The molecule has 0 spiro atoms. The third kappa shape index (κ3) is 2.97. The van der Waals surface area contributed by atoms with Crippen molar-refractivity contribution in [3.05, 3.63) is 51.5 Å². The Kier molecular flexibility index (Phi) is 4.14. The van der Waals surface area contributed by atoms with Gasteiger partial charge in [0.1, 0.15) is 5.82 Å². The number of nitrogens with zero attached hydrogens (tertiary/aromatic N) is 2. The lowest BCUT2D eigenvalue weighted by atomic mass is 10.2. The van der Waals surface area contributed by atoms with Crippen molar-refractivity contribution in [3.63, 3.8) is 0 Å². The molecule has 0 aliphatic carbocycles. The number of nitrogens with one attached hydrogen (secondary N) is 1. The summed E-state index contributed by atoms with van der Waals surface area (Å²) in [6.45, 7) is 3.28. The standard InChI is InChI=1S/C13H15BrFN3/c1-9-13(14)12(18(2)17-9)8-16-7-10-4-3-5-11(15)6-10/h3-6,16H,7-8H2,1-2H3. The first-order chi connectivity index (χ1) is 8.58. The van der Waals surface area contributed by atoms with E-state index in [1.54, 1.807) is 6.07 Å². The zero-order chi connectivity index (χ0) is 13.1. The highest BCUT2D eigenvalue weighted by molar-refractivity contribution is 9.10. The highest BCUT2D eigenvalue weighted by Gasteiger charge is 2.09. The van der Waals surface area contributed by atoms with Crippen LogP contribution in [0.2, 0.25) is 0 Å². The van der Waals surface area contributed by atoms with Crippen LogP contribution in [0.15, 0.2) is 28.7 Å². The first-order valence-electron chi connectivity index (χ1n) is 5.71. The molecule has 0 unspecified atom stereocenters. The predicted octanol–water partition coefficient (Wildman–Crippen LogP) is 2.92. The minimum atomic E-state index is -0.202. The topological polar surface area (TPSA) is 29.9 Å². The largest absolute Gasteiger partial charge is 0.307 e. The maximum atomic E-state index is 13.0. The molecule has 18 heavy (non-hydrogen) atoms. The van der Waals surface area contributed by atoms with Crippen LogP contribution in [0.25, 0.3) is 0 Å². The summed E-state index contributed by atoms with van der Waals surface area (Å²) in [5.74, 6) is -0.202. The van der Waals surface area contributed by atoms with E-state index in [0.717, 1.165) is 21.4 Å². The summed E-state index contributed by atoms with van der Waals surface area (Å²) in [6, 6.07) is 6.61. The van der Waals surface area contributed by atoms with Crippen LogP contribution in [0.1, 0.15) is 17.0 Å². The first-order valence-corrected chi connectivity index (χ1v) is 6.50. The Labute approximate surface area is 114 Å². The van der Waals surface area contributed by atoms with Crippen molar-refractivity contribution in [2.24, 2.45) is 7.05 Å². The Balaban J connectivity index is 1.96. The molecule has 0 aliphatic rings.